The molecule has 0 unspecified atom stereocenters. The molecule has 3 rings (SSSR count). The Hall–Kier alpha value is -3.21. The molecule has 0 spiro atoms. The van der Waals surface area contributed by atoms with Gasteiger partial charge in [-0.05, 0) is 30.7 Å². The van der Waals surface area contributed by atoms with Crippen LogP contribution in [-0.2, 0) is 52.7 Å². The van der Waals surface area contributed by atoms with Gasteiger partial charge in [-0.2, -0.15) is 4.98 Å². The molecule has 1 atom stereocenters. The SMILES string of the molecule is Nc1nc2ncc(CNc3ccc(C(=O)N[C@@H](CC[C-]=O)C(=O)O)cc3)nc2c(=O)[nH]1.[Cu].[Zn]. The summed E-state index contributed by atoms with van der Waals surface area (Å²) in [6, 6.07) is 5.13. The van der Waals surface area contributed by atoms with E-state index in [-0.39, 0.29) is 78.6 Å². The van der Waals surface area contributed by atoms with Gasteiger partial charge in [0, 0.05) is 47.8 Å². The third-order valence-electron chi connectivity index (χ3n) is 4.25. The molecule has 6 N–H and O–H groups in total. The minimum atomic E-state index is -1.23. The van der Waals surface area contributed by atoms with Gasteiger partial charge in [-0.3, -0.25) is 20.9 Å². The van der Waals surface area contributed by atoms with Crippen molar-refractivity contribution in [1.29, 1.82) is 0 Å². The molecule has 12 nitrogen and oxygen atoms in total. The topological polar surface area (TPSA) is 193 Å². The van der Waals surface area contributed by atoms with Crippen molar-refractivity contribution in [1.82, 2.24) is 25.3 Å². The van der Waals surface area contributed by atoms with Crippen LogP contribution in [0.4, 0.5) is 11.6 Å². The predicted octanol–water partition coefficient (Wildman–Crippen LogP) is -0.0247. The number of carbonyl (C=O) groups is 2. The van der Waals surface area contributed by atoms with Crippen LogP contribution >= 0.6 is 0 Å². The van der Waals surface area contributed by atoms with Crippen LogP contribution in [0.1, 0.15) is 28.9 Å². The number of aromatic nitrogens is 4. The van der Waals surface area contributed by atoms with Crippen molar-refractivity contribution < 1.29 is 56.0 Å². The van der Waals surface area contributed by atoms with Crippen LogP contribution < -0.4 is 21.9 Å². The standard InChI is InChI=1S/C19H18N7O5.Cu.Zn/c20-19-25-15-14(17(29)26-19)23-12(9-22-15)8-21-11-5-3-10(4-6-11)16(28)24-13(18(30)31)2-1-7-27;;/h3-6,9,13,21H,1-2,8H2,(H,24,28)(H,30,31)(H3,20,22,25,26,29);;/q-1;;/t13-;;/m0../s1. The molecule has 0 bridgehead atoms. The number of aromatic amines is 1. The third kappa shape index (κ3) is 7.42. The van der Waals surface area contributed by atoms with Crippen molar-refractivity contribution >= 4 is 41.0 Å². The Morgan fingerprint density at radius 2 is 1.91 bits per heavy atom. The number of nitrogens with one attached hydrogen (secondary N) is 3. The van der Waals surface area contributed by atoms with Gasteiger partial charge in [-0.15, -0.1) is 6.42 Å². The van der Waals surface area contributed by atoms with Crippen LogP contribution in [-0.4, -0.2) is 49.2 Å². The maximum Gasteiger partial charge on any atom is 0.326 e. The average Bonchev–Trinajstić information content (AvgIpc) is 2.75. The molecule has 0 aliphatic rings. The summed E-state index contributed by atoms with van der Waals surface area (Å²) in [5.74, 6) is -1.84. The molecule has 14 heteroatoms. The Labute approximate surface area is 210 Å². The molecule has 1 aromatic carbocycles. The number of nitrogens with two attached hydrogens (primary N) is 1. The number of H-pyrrole nitrogens is 1. The van der Waals surface area contributed by atoms with Gasteiger partial charge in [-0.25, -0.2) is 14.8 Å². The second-order valence-corrected chi connectivity index (χ2v) is 6.46. The average molecular weight is 553 g/mol. The van der Waals surface area contributed by atoms with Gasteiger partial charge in [-0.1, -0.05) is 0 Å². The zero-order valence-corrected chi connectivity index (χ0v) is 21.0. The van der Waals surface area contributed by atoms with E-state index in [1.807, 2.05) is 0 Å². The molecule has 0 saturated heterocycles. The van der Waals surface area contributed by atoms with Gasteiger partial charge in [0.25, 0.3) is 11.5 Å². The molecular formula is C19H18CuN7O5Zn-. The Balaban J connectivity index is 0.00000272. The number of fused-ring (bicyclic) bond motifs is 1. The normalized spacial score (nSPS) is 10.9. The molecule has 0 aliphatic heterocycles. The second kappa shape index (κ2) is 12.7. The first-order valence-electron chi connectivity index (χ1n) is 9.11. The number of nitrogens with zero attached hydrogens (tertiary/aromatic N) is 3. The maximum atomic E-state index is 12.2. The summed E-state index contributed by atoms with van der Waals surface area (Å²) >= 11 is 0. The fourth-order valence-corrected chi connectivity index (χ4v) is 2.69. The number of aliphatic carboxylic acids is 1. The Bertz CT molecular complexity index is 1190. The van der Waals surface area contributed by atoms with Crippen molar-refractivity contribution in [2.45, 2.75) is 25.4 Å². The zero-order chi connectivity index (χ0) is 22.4. The Kier molecular flexibility index (Phi) is 10.7. The summed E-state index contributed by atoms with van der Waals surface area (Å²) < 4.78 is 0. The summed E-state index contributed by atoms with van der Waals surface area (Å²) in [5, 5.41) is 14.6. The number of hydrogen-bond acceptors (Lipinski definition) is 9. The van der Waals surface area contributed by atoms with Gasteiger partial charge in [0.05, 0.1) is 18.4 Å². The van der Waals surface area contributed by atoms with Crippen molar-refractivity contribution in [2.24, 2.45) is 0 Å². The number of carboxylic acid groups (broad SMARTS) is 1. The number of nitrogen functional groups attached to an aromatic ring is 1. The van der Waals surface area contributed by atoms with E-state index >= 15 is 0 Å². The first-order valence-corrected chi connectivity index (χ1v) is 9.11. The largest absolute Gasteiger partial charge is 0.542 e. The van der Waals surface area contributed by atoms with E-state index in [1.54, 1.807) is 18.4 Å². The number of rotatable bonds is 9. The zero-order valence-electron chi connectivity index (χ0n) is 17.1. The van der Waals surface area contributed by atoms with E-state index in [4.69, 9.17) is 10.8 Å². The van der Waals surface area contributed by atoms with Gasteiger partial charge >= 0.3 is 5.97 Å². The summed E-state index contributed by atoms with van der Waals surface area (Å²) in [5.41, 5.74) is 6.61. The number of carboxylic acids is 1. The molecule has 0 saturated carbocycles. The second-order valence-electron chi connectivity index (χ2n) is 6.46. The molecule has 33 heavy (non-hydrogen) atoms. The quantitative estimate of drug-likeness (QED) is 0.178. The summed E-state index contributed by atoms with van der Waals surface area (Å²) in [7, 11) is 0. The number of anilines is 2. The maximum absolute atomic E-state index is 12.2. The van der Waals surface area contributed by atoms with Crippen molar-refractivity contribution in [3.8, 4) is 0 Å². The van der Waals surface area contributed by atoms with Gasteiger partial charge in [0.2, 0.25) is 5.95 Å². The van der Waals surface area contributed by atoms with E-state index in [1.165, 1.54) is 18.3 Å². The van der Waals surface area contributed by atoms with E-state index in [9.17, 15) is 19.2 Å². The van der Waals surface area contributed by atoms with Crippen LogP contribution in [0, 0.1) is 0 Å². The molecule has 2 heterocycles. The molecular weight excluding hydrogens is 535 g/mol. The van der Waals surface area contributed by atoms with Crippen LogP contribution in [0.3, 0.4) is 0 Å². The summed E-state index contributed by atoms with van der Waals surface area (Å²) in [6.07, 6.45) is 2.94. The molecule has 0 aliphatic carbocycles. The van der Waals surface area contributed by atoms with Crippen LogP contribution in [0.25, 0.3) is 11.2 Å². The number of hydrogen-bond donors (Lipinski definition) is 5. The van der Waals surface area contributed by atoms with Crippen molar-refractivity contribution in [2.75, 3.05) is 11.1 Å². The van der Waals surface area contributed by atoms with Gasteiger partial charge < -0.3 is 26.3 Å². The van der Waals surface area contributed by atoms with Crippen LogP contribution in [0.5, 0.6) is 0 Å². The number of benzene rings is 1. The first-order chi connectivity index (χ1) is 14.9. The minimum Gasteiger partial charge on any atom is -0.542 e. The smallest absolute Gasteiger partial charge is 0.326 e. The molecule has 3 aromatic rings. The van der Waals surface area contributed by atoms with Gasteiger partial charge in [0.15, 0.2) is 11.2 Å². The van der Waals surface area contributed by atoms with E-state index in [0.29, 0.717) is 11.4 Å². The van der Waals surface area contributed by atoms with Crippen LogP contribution in [0.15, 0.2) is 35.3 Å². The predicted molar refractivity (Wildman–Crippen MR) is 110 cm³/mol. The fraction of sp³-hybridized carbons (Fsp3) is 0.211. The van der Waals surface area contributed by atoms with Crippen molar-refractivity contribution in [3.05, 3.63) is 52.1 Å². The number of carbonyl (C=O) groups excluding carboxylic acids is 2. The number of amides is 1. The Morgan fingerprint density at radius 3 is 2.55 bits per heavy atom. The monoisotopic (exact) mass is 551 g/mol. The Morgan fingerprint density at radius 1 is 1.21 bits per heavy atom. The van der Waals surface area contributed by atoms with Crippen LogP contribution in [0.2, 0.25) is 0 Å². The van der Waals surface area contributed by atoms with Gasteiger partial charge in [0.1, 0.15) is 6.04 Å². The third-order valence-corrected chi connectivity index (χ3v) is 4.25. The minimum absolute atomic E-state index is 0. The molecule has 0 fully saturated rings. The fourth-order valence-electron chi connectivity index (χ4n) is 2.69. The first kappa shape index (κ1) is 27.8. The summed E-state index contributed by atoms with van der Waals surface area (Å²) in [4.78, 5) is 60.2. The molecule has 173 valence electrons. The summed E-state index contributed by atoms with van der Waals surface area (Å²) in [6.45, 7) is 0.252. The molecule has 1 amide bonds. The van der Waals surface area contributed by atoms with E-state index in [2.05, 4.69) is 30.6 Å². The molecule has 2 aromatic heterocycles. The van der Waals surface area contributed by atoms with E-state index < -0.39 is 23.5 Å². The van der Waals surface area contributed by atoms with E-state index in [0.717, 1.165) is 0 Å². The van der Waals surface area contributed by atoms with Crippen molar-refractivity contribution in [3.63, 3.8) is 0 Å². The molecule has 1 radical (unpaired) electrons.